The van der Waals surface area contributed by atoms with Crippen molar-refractivity contribution in [1.29, 1.82) is 0 Å². The monoisotopic (exact) mass is 229 g/mol. The van der Waals surface area contributed by atoms with Gasteiger partial charge in [0.15, 0.2) is 23.7 Å². The SMILES string of the molecule is CN(C)C=C(C=O)c1ccc(F)c(F)c1F. The Morgan fingerprint density at radius 2 is 1.81 bits per heavy atom. The van der Waals surface area contributed by atoms with Gasteiger partial charge in [0, 0.05) is 31.4 Å². The van der Waals surface area contributed by atoms with Gasteiger partial charge in [0.25, 0.3) is 0 Å². The van der Waals surface area contributed by atoms with Gasteiger partial charge in [0.05, 0.1) is 0 Å². The molecule has 5 heteroatoms. The van der Waals surface area contributed by atoms with E-state index in [1.165, 1.54) is 11.1 Å². The lowest BCUT2D eigenvalue weighted by atomic mass is 10.1. The zero-order valence-electron chi connectivity index (χ0n) is 8.80. The molecule has 0 aromatic heterocycles. The summed E-state index contributed by atoms with van der Waals surface area (Å²) in [5.41, 5.74) is -0.316. The summed E-state index contributed by atoms with van der Waals surface area (Å²) >= 11 is 0. The van der Waals surface area contributed by atoms with E-state index in [1.807, 2.05) is 0 Å². The molecule has 0 radical (unpaired) electrons. The van der Waals surface area contributed by atoms with Crippen LogP contribution in [-0.4, -0.2) is 25.3 Å². The predicted molar refractivity (Wildman–Crippen MR) is 54.0 cm³/mol. The van der Waals surface area contributed by atoms with Crippen LogP contribution in [0.5, 0.6) is 0 Å². The molecule has 1 aromatic carbocycles. The molecular formula is C11H10F3NO. The number of hydrogen-bond acceptors (Lipinski definition) is 2. The zero-order valence-corrected chi connectivity index (χ0v) is 8.80. The predicted octanol–water partition coefficient (Wildman–Crippen LogP) is 2.21. The molecule has 0 atom stereocenters. The summed E-state index contributed by atoms with van der Waals surface area (Å²) in [6.45, 7) is 0. The van der Waals surface area contributed by atoms with Gasteiger partial charge in [0.2, 0.25) is 0 Å². The Balaban J connectivity index is 3.32. The molecule has 16 heavy (non-hydrogen) atoms. The molecule has 0 heterocycles. The normalized spacial score (nSPS) is 11.4. The van der Waals surface area contributed by atoms with Crippen molar-refractivity contribution in [2.45, 2.75) is 0 Å². The molecule has 0 saturated carbocycles. The van der Waals surface area contributed by atoms with Crippen molar-refractivity contribution >= 4 is 11.9 Å². The highest BCUT2D eigenvalue weighted by atomic mass is 19.2. The highest BCUT2D eigenvalue weighted by molar-refractivity contribution is 6.06. The first kappa shape index (κ1) is 12.3. The van der Waals surface area contributed by atoms with Crippen LogP contribution in [-0.2, 0) is 4.79 Å². The fraction of sp³-hybridized carbons (Fsp3) is 0.182. The number of allylic oxidation sites excluding steroid dienone is 1. The first-order chi connectivity index (χ1) is 7.47. The minimum atomic E-state index is -1.58. The van der Waals surface area contributed by atoms with Crippen molar-refractivity contribution in [2.75, 3.05) is 14.1 Å². The summed E-state index contributed by atoms with van der Waals surface area (Å²) in [6.07, 6.45) is 1.71. The first-order valence-electron chi connectivity index (χ1n) is 4.44. The van der Waals surface area contributed by atoms with E-state index in [0.29, 0.717) is 6.29 Å². The molecule has 0 spiro atoms. The van der Waals surface area contributed by atoms with Gasteiger partial charge in [-0.1, -0.05) is 0 Å². The van der Waals surface area contributed by atoms with E-state index in [-0.39, 0.29) is 11.1 Å². The fourth-order valence-corrected chi connectivity index (χ4v) is 1.19. The van der Waals surface area contributed by atoms with E-state index in [9.17, 15) is 18.0 Å². The third-order valence-electron chi connectivity index (χ3n) is 1.87. The second-order valence-corrected chi connectivity index (χ2v) is 3.39. The summed E-state index contributed by atoms with van der Waals surface area (Å²) in [6, 6.07) is 1.80. The summed E-state index contributed by atoms with van der Waals surface area (Å²) in [7, 11) is 3.25. The molecule has 0 fully saturated rings. The summed E-state index contributed by atoms with van der Waals surface area (Å²) in [5.74, 6) is -4.22. The molecule has 2 nitrogen and oxygen atoms in total. The third kappa shape index (κ3) is 2.42. The highest BCUT2D eigenvalue weighted by Gasteiger charge is 2.15. The van der Waals surface area contributed by atoms with Crippen LogP contribution in [0, 0.1) is 17.5 Å². The van der Waals surface area contributed by atoms with Gasteiger partial charge in [-0.25, -0.2) is 13.2 Å². The quantitative estimate of drug-likeness (QED) is 0.450. The number of carbonyl (C=O) groups excluding carboxylic acids is 1. The lowest BCUT2D eigenvalue weighted by molar-refractivity contribution is -0.103. The minimum absolute atomic E-state index is 0.0543. The number of carbonyl (C=O) groups is 1. The van der Waals surface area contributed by atoms with E-state index < -0.39 is 17.5 Å². The molecule has 1 rings (SSSR count). The summed E-state index contributed by atoms with van der Waals surface area (Å²) in [5, 5.41) is 0. The Morgan fingerprint density at radius 1 is 1.19 bits per heavy atom. The molecule has 0 aliphatic heterocycles. The van der Waals surface area contributed by atoms with Gasteiger partial charge in [-0.2, -0.15) is 0 Å². The van der Waals surface area contributed by atoms with Gasteiger partial charge < -0.3 is 4.90 Å². The van der Waals surface area contributed by atoms with E-state index in [0.717, 1.165) is 12.1 Å². The van der Waals surface area contributed by atoms with Gasteiger partial charge in [-0.05, 0) is 12.1 Å². The van der Waals surface area contributed by atoms with Gasteiger partial charge in [-0.3, -0.25) is 4.79 Å². The van der Waals surface area contributed by atoms with Crippen molar-refractivity contribution in [3.8, 4) is 0 Å². The van der Waals surface area contributed by atoms with Crippen LogP contribution < -0.4 is 0 Å². The second-order valence-electron chi connectivity index (χ2n) is 3.39. The summed E-state index contributed by atoms with van der Waals surface area (Å²) < 4.78 is 38.9. The second kappa shape index (κ2) is 4.83. The molecule has 0 bridgehead atoms. The van der Waals surface area contributed by atoms with Crippen molar-refractivity contribution < 1.29 is 18.0 Å². The molecule has 86 valence electrons. The van der Waals surface area contributed by atoms with Gasteiger partial charge >= 0.3 is 0 Å². The Bertz CT molecular complexity index is 441. The Hall–Kier alpha value is -1.78. The maximum Gasteiger partial charge on any atom is 0.195 e. The van der Waals surface area contributed by atoms with E-state index in [4.69, 9.17) is 0 Å². The average Bonchev–Trinajstić information content (AvgIpc) is 2.23. The van der Waals surface area contributed by atoms with Crippen LogP contribution in [0.4, 0.5) is 13.2 Å². The van der Waals surface area contributed by atoms with Crippen LogP contribution >= 0.6 is 0 Å². The van der Waals surface area contributed by atoms with Crippen LogP contribution in [0.25, 0.3) is 5.57 Å². The van der Waals surface area contributed by atoms with Crippen molar-refractivity contribution in [1.82, 2.24) is 4.90 Å². The Kier molecular flexibility index (Phi) is 3.71. The number of nitrogens with zero attached hydrogens (tertiary/aromatic N) is 1. The molecule has 0 aliphatic rings. The Labute approximate surface area is 91.0 Å². The number of benzene rings is 1. The number of halogens is 3. The van der Waals surface area contributed by atoms with E-state index in [2.05, 4.69) is 0 Å². The smallest absolute Gasteiger partial charge is 0.195 e. The lowest BCUT2D eigenvalue weighted by Gasteiger charge is -2.08. The maximum absolute atomic E-state index is 13.3. The van der Waals surface area contributed by atoms with Crippen LogP contribution in [0.1, 0.15) is 5.56 Å². The molecule has 0 amide bonds. The van der Waals surface area contributed by atoms with Gasteiger partial charge in [0.1, 0.15) is 0 Å². The Morgan fingerprint density at radius 3 is 2.31 bits per heavy atom. The third-order valence-corrected chi connectivity index (χ3v) is 1.87. The van der Waals surface area contributed by atoms with Gasteiger partial charge in [-0.15, -0.1) is 0 Å². The lowest BCUT2D eigenvalue weighted by Crippen LogP contribution is -2.05. The standard InChI is InChI=1S/C11H10F3NO/c1-15(2)5-7(6-16)8-3-4-9(12)11(14)10(8)13/h3-6H,1-2H3. The molecule has 0 aliphatic carbocycles. The van der Waals surface area contributed by atoms with Crippen molar-refractivity contribution in [3.63, 3.8) is 0 Å². The molecule has 1 aromatic rings. The average molecular weight is 229 g/mol. The number of rotatable bonds is 3. The highest BCUT2D eigenvalue weighted by Crippen LogP contribution is 2.21. The van der Waals surface area contributed by atoms with Crippen molar-refractivity contribution in [2.24, 2.45) is 0 Å². The minimum Gasteiger partial charge on any atom is -0.383 e. The number of hydrogen-bond donors (Lipinski definition) is 0. The summed E-state index contributed by atoms with van der Waals surface area (Å²) in [4.78, 5) is 12.2. The molecule has 0 N–H and O–H groups in total. The van der Waals surface area contributed by atoms with Crippen LogP contribution in [0.3, 0.4) is 0 Å². The largest absolute Gasteiger partial charge is 0.383 e. The van der Waals surface area contributed by atoms with E-state index >= 15 is 0 Å². The van der Waals surface area contributed by atoms with Crippen LogP contribution in [0.2, 0.25) is 0 Å². The van der Waals surface area contributed by atoms with E-state index in [1.54, 1.807) is 14.1 Å². The first-order valence-corrected chi connectivity index (χ1v) is 4.44. The molecule has 0 unspecified atom stereocenters. The van der Waals surface area contributed by atoms with Crippen molar-refractivity contribution in [3.05, 3.63) is 41.3 Å². The van der Waals surface area contributed by atoms with Crippen LogP contribution in [0.15, 0.2) is 18.3 Å². The number of aldehydes is 1. The molecule has 0 saturated heterocycles. The zero-order chi connectivity index (χ0) is 12.3. The fourth-order valence-electron chi connectivity index (χ4n) is 1.19. The molecular weight excluding hydrogens is 219 g/mol. The maximum atomic E-state index is 13.3. The topological polar surface area (TPSA) is 20.3 Å².